The van der Waals surface area contributed by atoms with Crippen molar-refractivity contribution in [3.05, 3.63) is 18.0 Å². The van der Waals surface area contributed by atoms with E-state index in [2.05, 4.69) is 21.5 Å². The van der Waals surface area contributed by atoms with Crippen molar-refractivity contribution in [1.29, 1.82) is 5.26 Å². The average molecular weight is 118 g/mol. The first-order valence-corrected chi connectivity index (χ1v) is 2.23. The van der Waals surface area contributed by atoms with Crippen LogP contribution in [-0.2, 0) is 0 Å². The van der Waals surface area contributed by atoms with Gasteiger partial charge in [0.15, 0.2) is 6.07 Å². The molecule has 0 atom stereocenters. The summed E-state index contributed by atoms with van der Waals surface area (Å²) in [5.74, 6) is 4.71. The fraction of sp³-hybridized carbons (Fsp3) is 0. The fourth-order valence-corrected chi connectivity index (χ4v) is 0.367. The second kappa shape index (κ2) is 2.54. The number of aromatic nitrogens is 1. The van der Waals surface area contributed by atoms with E-state index in [-0.39, 0.29) is 0 Å². The molecule has 0 aromatic carbocycles. The molecule has 0 saturated carbocycles. The van der Waals surface area contributed by atoms with Crippen molar-refractivity contribution in [2.75, 3.05) is 0 Å². The van der Waals surface area contributed by atoms with Gasteiger partial charge in [0.25, 0.3) is 0 Å². The molecule has 0 bridgehead atoms. The summed E-state index contributed by atoms with van der Waals surface area (Å²) in [6.45, 7) is 0. The zero-order valence-corrected chi connectivity index (χ0v) is 4.46. The Morgan fingerprint density at radius 2 is 2.56 bits per heavy atom. The molecule has 0 N–H and O–H groups in total. The van der Waals surface area contributed by atoms with Gasteiger partial charge in [-0.15, -0.1) is 0 Å². The number of rotatable bonds is 0. The molecule has 0 radical (unpaired) electrons. The summed E-state index contributed by atoms with van der Waals surface area (Å²) in [5, 5.41) is 11.4. The summed E-state index contributed by atoms with van der Waals surface area (Å²) in [6, 6.07) is 1.68. The third-order valence-corrected chi connectivity index (χ3v) is 0.695. The molecule has 0 aliphatic carbocycles. The van der Waals surface area contributed by atoms with Crippen LogP contribution < -0.4 is 0 Å². The summed E-state index contributed by atoms with van der Waals surface area (Å²) in [7, 11) is 0. The molecule has 1 aromatic heterocycles. The molecule has 0 unspecified atom stereocenters. The van der Waals surface area contributed by atoms with Crippen LogP contribution in [0.5, 0.6) is 0 Å². The second-order valence-corrected chi connectivity index (χ2v) is 1.27. The van der Waals surface area contributed by atoms with Gasteiger partial charge in [-0.05, 0) is 5.92 Å². The van der Waals surface area contributed by atoms with Crippen molar-refractivity contribution in [1.82, 2.24) is 5.16 Å². The molecule has 9 heavy (non-hydrogen) atoms. The Hall–Kier alpha value is -1.74. The SMILES string of the molecule is N#CC#Cc1cnoc1. The lowest BCUT2D eigenvalue weighted by Crippen LogP contribution is -1.60. The molecule has 0 spiro atoms. The van der Waals surface area contributed by atoms with Gasteiger partial charge < -0.3 is 4.52 Å². The molecule has 0 saturated heterocycles. The molecule has 0 aliphatic rings. The Balaban J connectivity index is 2.82. The van der Waals surface area contributed by atoms with E-state index in [1.165, 1.54) is 12.5 Å². The highest BCUT2D eigenvalue weighted by Crippen LogP contribution is 1.90. The molecule has 1 heterocycles. The van der Waals surface area contributed by atoms with Crippen LogP contribution in [0.1, 0.15) is 5.56 Å². The van der Waals surface area contributed by atoms with E-state index in [4.69, 9.17) is 5.26 Å². The minimum atomic E-state index is 0.622. The maximum Gasteiger partial charge on any atom is 0.152 e. The van der Waals surface area contributed by atoms with Crippen molar-refractivity contribution in [2.45, 2.75) is 0 Å². The molecule has 0 amide bonds. The summed E-state index contributed by atoms with van der Waals surface area (Å²) in [5.41, 5.74) is 0.622. The molecule has 1 rings (SSSR count). The second-order valence-electron chi connectivity index (χ2n) is 1.27. The van der Waals surface area contributed by atoms with Gasteiger partial charge in [-0.3, -0.25) is 0 Å². The Labute approximate surface area is 51.9 Å². The Morgan fingerprint density at radius 1 is 1.67 bits per heavy atom. The van der Waals surface area contributed by atoms with E-state index in [0.717, 1.165) is 0 Å². The van der Waals surface area contributed by atoms with Crippen LogP contribution in [0.3, 0.4) is 0 Å². The number of hydrogen-bond donors (Lipinski definition) is 0. The van der Waals surface area contributed by atoms with E-state index in [0.29, 0.717) is 5.56 Å². The quantitative estimate of drug-likeness (QED) is 0.467. The van der Waals surface area contributed by atoms with Crippen molar-refractivity contribution >= 4 is 0 Å². The Morgan fingerprint density at radius 3 is 3.11 bits per heavy atom. The van der Waals surface area contributed by atoms with Gasteiger partial charge in [-0.1, -0.05) is 5.16 Å². The number of nitrogens with zero attached hydrogens (tertiary/aromatic N) is 2. The maximum absolute atomic E-state index is 7.99. The van der Waals surface area contributed by atoms with Crippen LogP contribution in [0, 0.1) is 23.2 Å². The molecular formula is C6H2N2O. The lowest BCUT2D eigenvalue weighted by atomic mass is 10.4. The molecule has 3 nitrogen and oxygen atoms in total. The van der Waals surface area contributed by atoms with Crippen LogP contribution in [0.25, 0.3) is 0 Å². The van der Waals surface area contributed by atoms with Crippen molar-refractivity contribution in [3.8, 4) is 17.9 Å². The van der Waals surface area contributed by atoms with Crippen LogP contribution >= 0.6 is 0 Å². The normalized spacial score (nSPS) is 7.00. The lowest BCUT2D eigenvalue weighted by Gasteiger charge is -1.63. The van der Waals surface area contributed by atoms with Crippen molar-refractivity contribution in [2.24, 2.45) is 0 Å². The summed E-state index contributed by atoms with van der Waals surface area (Å²) in [6.07, 6.45) is 2.83. The molecular weight excluding hydrogens is 116 g/mol. The van der Waals surface area contributed by atoms with Gasteiger partial charge in [0.1, 0.15) is 6.26 Å². The van der Waals surface area contributed by atoms with Gasteiger partial charge in [0.05, 0.1) is 11.8 Å². The van der Waals surface area contributed by atoms with E-state index >= 15 is 0 Å². The van der Waals surface area contributed by atoms with E-state index in [1.807, 2.05) is 0 Å². The predicted octanol–water partition coefficient (Wildman–Crippen LogP) is 0.550. The Bertz CT molecular complexity index is 270. The van der Waals surface area contributed by atoms with E-state index < -0.39 is 0 Å². The molecule has 3 heteroatoms. The highest BCUT2D eigenvalue weighted by Gasteiger charge is 1.84. The average Bonchev–Trinajstić information content (AvgIpc) is 2.34. The van der Waals surface area contributed by atoms with Crippen LogP contribution in [0.4, 0.5) is 0 Å². The van der Waals surface area contributed by atoms with Gasteiger partial charge in [0.2, 0.25) is 0 Å². The van der Waals surface area contributed by atoms with Gasteiger partial charge in [0, 0.05) is 5.92 Å². The Kier molecular flexibility index (Phi) is 1.52. The van der Waals surface area contributed by atoms with Crippen LogP contribution in [-0.4, -0.2) is 5.16 Å². The lowest BCUT2D eigenvalue weighted by molar-refractivity contribution is 0.419. The minimum absolute atomic E-state index is 0.622. The highest BCUT2D eigenvalue weighted by molar-refractivity contribution is 5.33. The zero-order chi connectivity index (χ0) is 6.53. The largest absolute Gasteiger partial charge is 0.363 e. The minimum Gasteiger partial charge on any atom is -0.363 e. The fourth-order valence-electron chi connectivity index (χ4n) is 0.367. The molecule has 0 fully saturated rings. The molecule has 0 aliphatic heterocycles. The monoisotopic (exact) mass is 118 g/mol. The van der Waals surface area contributed by atoms with Gasteiger partial charge in [-0.2, -0.15) is 5.26 Å². The summed E-state index contributed by atoms with van der Waals surface area (Å²) in [4.78, 5) is 0. The first-order valence-electron chi connectivity index (χ1n) is 2.23. The first kappa shape index (κ1) is 5.40. The summed E-state index contributed by atoms with van der Waals surface area (Å²) >= 11 is 0. The van der Waals surface area contributed by atoms with E-state index in [1.54, 1.807) is 6.07 Å². The molecule has 42 valence electrons. The van der Waals surface area contributed by atoms with Crippen LogP contribution in [0.15, 0.2) is 17.0 Å². The number of nitriles is 1. The predicted molar refractivity (Wildman–Crippen MR) is 29.0 cm³/mol. The summed E-state index contributed by atoms with van der Waals surface area (Å²) < 4.78 is 4.45. The standard InChI is InChI=1S/C6H2N2O/c7-3-1-2-6-4-8-9-5-6/h4-5H. The smallest absolute Gasteiger partial charge is 0.152 e. The first-order chi connectivity index (χ1) is 4.43. The van der Waals surface area contributed by atoms with Crippen LogP contribution in [0.2, 0.25) is 0 Å². The number of hydrogen-bond acceptors (Lipinski definition) is 3. The van der Waals surface area contributed by atoms with E-state index in [9.17, 15) is 0 Å². The van der Waals surface area contributed by atoms with Crippen molar-refractivity contribution in [3.63, 3.8) is 0 Å². The maximum atomic E-state index is 7.99. The zero-order valence-electron chi connectivity index (χ0n) is 4.46. The topological polar surface area (TPSA) is 49.8 Å². The molecule has 1 aromatic rings. The highest BCUT2D eigenvalue weighted by atomic mass is 16.5. The van der Waals surface area contributed by atoms with Gasteiger partial charge in [-0.25, -0.2) is 0 Å². The van der Waals surface area contributed by atoms with Gasteiger partial charge >= 0.3 is 0 Å². The third kappa shape index (κ3) is 1.32. The van der Waals surface area contributed by atoms with Crippen molar-refractivity contribution < 1.29 is 4.52 Å². The third-order valence-electron chi connectivity index (χ3n) is 0.695.